The number of rotatable bonds is 9. The molecule has 5 nitrogen and oxygen atoms in total. The molecule has 2 aromatic rings. The highest BCUT2D eigenvalue weighted by Gasteiger charge is 2.37. The fraction of sp³-hybridized carbons (Fsp3) is 0.474. The summed E-state index contributed by atoms with van der Waals surface area (Å²) >= 11 is 0. The minimum atomic E-state index is -4.59. The molecule has 0 radical (unpaired) electrons. The number of halogens is 3. The van der Waals surface area contributed by atoms with Crippen LogP contribution in [0.15, 0.2) is 30.5 Å². The zero-order chi connectivity index (χ0) is 19.9. The van der Waals surface area contributed by atoms with E-state index in [1.165, 1.54) is 11.9 Å². The van der Waals surface area contributed by atoms with Crippen LogP contribution in [0.25, 0.3) is 0 Å². The van der Waals surface area contributed by atoms with Crippen molar-refractivity contribution in [2.24, 2.45) is 0 Å². The second-order valence-electron chi connectivity index (χ2n) is 5.96. The van der Waals surface area contributed by atoms with E-state index in [9.17, 15) is 13.2 Å². The number of nitrogens with zero attached hydrogens (tertiary/aromatic N) is 3. The number of alkyl halides is 3. The summed E-state index contributed by atoms with van der Waals surface area (Å²) in [6.45, 7) is 4.76. The quantitative estimate of drug-likeness (QED) is 0.555. The van der Waals surface area contributed by atoms with E-state index in [2.05, 4.69) is 9.97 Å². The van der Waals surface area contributed by atoms with Gasteiger partial charge in [-0.05, 0) is 25.0 Å². The van der Waals surface area contributed by atoms with E-state index >= 15 is 0 Å². The summed E-state index contributed by atoms with van der Waals surface area (Å²) in [4.78, 5) is 9.09. The van der Waals surface area contributed by atoms with E-state index in [1.807, 2.05) is 13.8 Å². The summed E-state index contributed by atoms with van der Waals surface area (Å²) in [7, 11) is 1.52. The van der Waals surface area contributed by atoms with E-state index < -0.39 is 11.7 Å². The highest BCUT2D eigenvalue weighted by molar-refractivity contribution is 5.68. The van der Waals surface area contributed by atoms with Crippen LogP contribution in [-0.2, 0) is 6.18 Å². The summed E-state index contributed by atoms with van der Waals surface area (Å²) in [5, 5.41) is 0. The van der Waals surface area contributed by atoms with Gasteiger partial charge in [-0.15, -0.1) is 0 Å². The number of anilines is 2. The van der Waals surface area contributed by atoms with Gasteiger partial charge >= 0.3 is 12.2 Å². The van der Waals surface area contributed by atoms with Crippen molar-refractivity contribution in [3.63, 3.8) is 0 Å². The van der Waals surface area contributed by atoms with E-state index in [1.54, 1.807) is 24.3 Å². The molecular formula is C19H24F3N3O2. The first-order valence-electron chi connectivity index (χ1n) is 8.91. The first-order chi connectivity index (χ1) is 12.9. The van der Waals surface area contributed by atoms with E-state index in [-0.39, 0.29) is 11.8 Å². The van der Waals surface area contributed by atoms with Gasteiger partial charge in [0.25, 0.3) is 0 Å². The van der Waals surface area contributed by atoms with Crippen LogP contribution in [0.2, 0.25) is 0 Å². The molecule has 0 atom stereocenters. The Balaban J connectivity index is 2.43. The lowest BCUT2D eigenvalue weighted by molar-refractivity contribution is -0.137. The van der Waals surface area contributed by atoms with Gasteiger partial charge in [0, 0.05) is 13.2 Å². The third-order valence-electron chi connectivity index (χ3n) is 3.79. The summed E-state index contributed by atoms with van der Waals surface area (Å²) in [5.74, 6) is 0.207. The molecule has 1 aromatic heterocycles. The summed E-state index contributed by atoms with van der Waals surface area (Å²) in [5.41, 5.74) is -0.451. The second kappa shape index (κ2) is 9.43. The van der Waals surface area contributed by atoms with Gasteiger partial charge < -0.3 is 14.4 Å². The van der Waals surface area contributed by atoms with Crippen LogP contribution in [0.5, 0.6) is 11.8 Å². The van der Waals surface area contributed by atoms with E-state index in [0.717, 1.165) is 25.5 Å². The fourth-order valence-electron chi connectivity index (χ4n) is 2.37. The predicted octanol–water partition coefficient (Wildman–Crippen LogP) is 5.23. The molecule has 0 bridgehead atoms. The Bertz CT molecular complexity index is 738. The van der Waals surface area contributed by atoms with E-state index in [0.29, 0.717) is 24.7 Å². The molecule has 0 unspecified atom stereocenters. The van der Waals surface area contributed by atoms with Crippen molar-refractivity contribution in [2.45, 2.75) is 39.3 Å². The third-order valence-corrected chi connectivity index (χ3v) is 3.79. The second-order valence-corrected chi connectivity index (χ2v) is 5.96. The maximum absolute atomic E-state index is 13.5. The van der Waals surface area contributed by atoms with Crippen LogP contribution in [0, 0.1) is 0 Å². The molecule has 0 fully saturated rings. The first kappa shape index (κ1) is 20.8. The normalized spacial score (nSPS) is 11.3. The Morgan fingerprint density at radius 2 is 1.78 bits per heavy atom. The topological polar surface area (TPSA) is 47.5 Å². The van der Waals surface area contributed by atoms with Crippen molar-refractivity contribution >= 4 is 11.5 Å². The van der Waals surface area contributed by atoms with Crippen LogP contribution < -0.4 is 14.4 Å². The Hall–Kier alpha value is -2.51. The lowest BCUT2D eigenvalue weighted by atomic mass is 10.2. The molecule has 1 heterocycles. The zero-order valence-corrected chi connectivity index (χ0v) is 15.7. The third kappa shape index (κ3) is 5.48. The molecular weight excluding hydrogens is 359 g/mol. The molecule has 1 aromatic carbocycles. The summed E-state index contributed by atoms with van der Waals surface area (Å²) in [6.07, 6.45) is -1.38. The van der Waals surface area contributed by atoms with Crippen LogP contribution >= 0.6 is 0 Å². The molecule has 0 aliphatic heterocycles. The standard InChI is InChI=1S/C19H24F3N3O2/c1-4-6-12-27-18-23-13-14(19(20,21)22)17(24-18)25(3)15-9-7-8-10-16(15)26-11-5-2/h7-10,13H,4-6,11-12H2,1-3H3. The molecule has 0 saturated heterocycles. The molecule has 8 heteroatoms. The number of ether oxygens (including phenoxy) is 2. The van der Waals surface area contributed by atoms with Crippen molar-refractivity contribution in [1.82, 2.24) is 9.97 Å². The van der Waals surface area contributed by atoms with Gasteiger partial charge in [-0.25, -0.2) is 4.98 Å². The molecule has 0 saturated carbocycles. The summed E-state index contributed by atoms with van der Waals surface area (Å²) < 4.78 is 51.5. The van der Waals surface area contributed by atoms with Crippen molar-refractivity contribution < 1.29 is 22.6 Å². The number of hydrogen-bond donors (Lipinski definition) is 0. The maximum Gasteiger partial charge on any atom is 0.421 e. The molecule has 0 aliphatic rings. The van der Waals surface area contributed by atoms with Crippen molar-refractivity contribution in [3.05, 3.63) is 36.0 Å². The number of hydrogen-bond acceptors (Lipinski definition) is 5. The Labute approximate surface area is 157 Å². The Kier molecular flexibility index (Phi) is 7.27. The fourth-order valence-corrected chi connectivity index (χ4v) is 2.37. The van der Waals surface area contributed by atoms with Crippen LogP contribution in [0.4, 0.5) is 24.7 Å². The minimum Gasteiger partial charge on any atom is -0.491 e. The maximum atomic E-state index is 13.5. The van der Waals surface area contributed by atoms with Gasteiger partial charge in [0.2, 0.25) is 0 Å². The van der Waals surface area contributed by atoms with Gasteiger partial charge in [-0.2, -0.15) is 18.2 Å². The molecule has 2 rings (SSSR count). The molecule has 0 N–H and O–H groups in total. The number of para-hydroxylation sites is 2. The highest BCUT2D eigenvalue weighted by Crippen LogP contribution is 2.40. The molecule has 0 spiro atoms. The predicted molar refractivity (Wildman–Crippen MR) is 97.7 cm³/mol. The van der Waals surface area contributed by atoms with E-state index in [4.69, 9.17) is 9.47 Å². The number of benzene rings is 1. The average molecular weight is 383 g/mol. The van der Waals surface area contributed by atoms with Crippen LogP contribution in [-0.4, -0.2) is 30.2 Å². The Morgan fingerprint density at radius 3 is 2.44 bits per heavy atom. The average Bonchev–Trinajstić information content (AvgIpc) is 2.65. The summed E-state index contributed by atoms with van der Waals surface area (Å²) in [6, 6.07) is 6.83. The highest BCUT2D eigenvalue weighted by atomic mass is 19.4. The van der Waals surface area contributed by atoms with Gasteiger partial charge in [-0.1, -0.05) is 32.4 Å². The van der Waals surface area contributed by atoms with Crippen molar-refractivity contribution in [3.8, 4) is 11.8 Å². The minimum absolute atomic E-state index is 0.0785. The van der Waals surface area contributed by atoms with Crippen molar-refractivity contribution in [2.75, 3.05) is 25.2 Å². The van der Waals surface area contributed by atoms with Crippen LogP contribution in [0.3, 0.4) is 0 Å². The molecule has 0 amide bonds. The molecule has 148 valence electrons. The van der Waals surface area contributed by atoms with Gasteiger partial charge in [0.15, 0.2) is 5.82 Å². The largest absolute Gasteiger partial charge is 0.491 e. The SMILES string of the molecule is CCCCOc1ncc(C(F)(F)F)c(N(C)c2ccccc2OCCC)n1. The monoisotopic (exact) mass is 383 g/mol. The van der Waals surface area contributed by atoms with Gasteiger partial charge in [0.1, 0.15) is 11.3 Å². The first-order valence-corrected chi connectivity index (χ1v) is 8.91. The van der Waals surface area contributed by atoms with Crippen LogP contribution in [0.1, 0.15) is 38.7 Å². The molecule has 0 aliphatic carbocycles. The smallest absolute Gasteiger partial charge is 0.421 e. The van der Waals surface area contributed by atoms with Gasteiger partial charge in [-0.3, -0.25) is 0 Å². The van der Waals surface area contributed by atoms with Gasteiger partial charge in [0.05, 0.1) is 18.9 Å². The zero-order valence-electron chi connectivity index (χ0n) is 15.7. The lowest BCUT2D eigenvalue weighted by Gasteiger charge is -2.24. The number of aromatic nitrogens is 2. The Morgan fingerprint density at radius 1 is 1.04 bits per heavy atom. The number of unbranched alkanes of at least 4 members (excludes halogenated alkanes) is 1. The van der Waals surface area contributed by atoms with Crippen molar-refractivity contribution in [1.29, 1.82) is 0 Å². The lowest BCUT2D eigenvalue weighted by Crippen LogP contribution is -2.20. The molecule has 27 heavy (non-hydrogen) atoms.